The van der Waals surface area contributed by atoms with E-state index < -0.39 is 5.60 Å². The Morgan fingerprint density at radius 3 is 2.46 bits per heavy atom. The lowest BCUT2D eigenvalue weighted by Gasteiger charge is -2.43. The van der Waals surface area contributed by atoms with Gasteiger partial charge in [0, 0.05) is 18.5 Å². The Balaban J connectivity index is 2.19. The zero-order valence-electron chi connectivity index (χ0n) is 16.2. The monoisotopic (exact) mass is 363 g/mol. The third-order valence-corrected chi connectivity index (χ3v) is 4.68. The van der Waals surface area contributed by atoms with Gasteiger partial charge >= 0.3 is 6.09 Å². The van der Waals surface area contributed by atoms with Crippen molar-refractivity contribution in [2.45, 2.75) is 51.7 Å². The lowest BCUT2D eigenvalue weighted by molar-refractivity contribution is -0.130. The van der Waals surface area contributed by atoms with Crippen molar-refractivity contribution < 1.29 is 23.8 Å². The summed E-state index contributed by atoms with van der Waals surface area (Å²) >= 11 is 0. The molecule has 26 heavy (non-hydrogen) atoms. The van der Waals surface area contributed by atoms with Crippen LogP contribution in [0.5, 0.6) is 5.75 Å². The summed E-state index contributed by atoms with van der Waals surface area (Å²) < 4.78 is 15.8. The van der Waals surface area contributed by atoms with Crippen LogP contribution in [0.15, 0.2) is 24.3 Å². The van der Waals surface area contributed by atoms with Crippen LogP contribution in [0.1, 0.15) is 45.6 Å². The fourth-order valence-electron chi connectivity index (χ4n) is 3.41. The van der Waals surface area contributed by atoms with Crippen LogP contribution in [-0.2, 0) is 14.3 Å². The normalized spacial score (nSPS) is 23.3. The van der Waals surface area contributed by atoms with Crippen LogP contribution in [-0.4, -0.2) is 49.4 Å². The molecule has 6 heteroatoms. The second kappa shape index (κ2) is 8.43. The number of likely N-dealkylation sites (tertiary alicyclic amines) is 1. The first-order chi connectivity index (χ1) is 12.2. The van der Waals surface area contributed by atoms with Gasteiger partial charge in [-0.2, -0.15) is 0 Å². The summed E-state index contributed by atoms with van der Waals surface area (Å²) in [6.07, 6.45) is 0.452. The van der Waals surface area contributed by atoms with Crippen LogP contribution in [0, 0.1) is 5.92 Å². The van der Waals surface area contributed by atoms with Crippen LogP contribution in [0.3, 0.4) is 0 Å². The van der Waals surface area contributed by atoms with Gasteiger partial charge in [0.1, 0.15) is 11.4 Å². The minimum Gasteiger partial charge on any atom is -0.497 e. The third kappa shape index (κ3) is 5.13. The molecule has 0 unspecified atom stereocenters. The molecule has 1 saturated heterocycles. The molecule has 3 atom stereocenters. The largest absolute Gasteiger partial charge is 0.497 e. The highest BCUT2D eigenvalue weighted by molar-refractivity contribution is 5.68. The summed E-state index contributed by atoms with van der Waals surface area (Å²) in [6.45, 7) is 8.80. The first-order valence-corrected chi connectivity index (χ1v) is 8.94. The number of piperidine rings is 1. The van der Waals surface area contributed by atoms with Gasteiger partial charge in [-0.05, 0) is 57.7 Å². The van der Waals surface area contributed by atoms with E-state index in [4.69, 9.17) is 14.2 Å². The highest BCUT2D eigenvalue weighted by Crippen LogP contribution is 2.37. The first kappa shape index (κ1) is 20.1. The van der Waals surface area contributed by atoms with E-state index in [0.717, 1.165) is 17.7 Å². The maximum absolute atomic E-state index is 12.5. The van der Waals surface area contributed by atoms with Gasteiger partial charge in [-0.15, -0.1) is 0 Å². The van der Waals surface area contributed by atoms with Crippen LogP contribution in [0.4, 0.5) is 4.79 Å². The fraction of sp³-hybridized carbons (Fsp3) is 0.600. The number of hydrogen-bond acceptors (Lipinski definition) is 5. The molecule has 6 nitrogen and oxygen atoms in total. The molecule has 0 N–H and O–H groups in total. The number of rotatable bonds is 5. The predicted molar refractivity (Wildman–Crippen MR) is 98.3 cm³/mol. The molecule has 0 aliphatic carbocycles. The van der Waals surface area contributed by atoms with E-state index in [1.807, 2.05) is 52.0 Å². The summed E-state index contributed by atoms with van der Waals surface area (Å²) in [6, 6.07) is 7.96. The zero-order chi connectivity index (χ0) is 19.3. The Morgan fingerprint density at radius 2 is 1.92 bits per heavy atom. The summed E-state index contributed by atoms with van der Waals surface area (Å²) in [5.41, 5.74) is 0.610. The number of nitrogens with zero attached hydrogens (tertiary/aromatic N) is 1. The van der Waals surface area contributed by atoms with E-state index in [2.05, 4.69) is 0 Å². The predicted octanol–water partition coefficient (Wildman–Crippen LogP) is 3.60. The number of ether oxygens (including phenoxy) is 3. The molecular weight excluding hydrogens is 334 g/mol. The zero-order valence-corrected chi connectivity index (χ0v) is 16.2. The number of methoxy groups -OCH3 is 1. The van der Waals surface area contributed by atoms with Crippen molar-refractivity contribution in [3.05, 3.63) is 29.8 Å². The molecule has 144 valence electrons. The minimum absolute atomic E-state index is 0.0114. The van der Waals surface area contributed by atoms with Crippen molar-refractivity contribution in [2.75, 3.05) is 20.3 Å². The Kier molecular flexibility index (Phi) is 6.51. The van der Waals surface area contributed by atoms with E-state index in [0.29, 0.717) is 13.0 Å². The summed E-state index contributed by atoms with van der Waals surface area (Å²) in [5.74, 6) is 1.00. The average molecular weight is 363 g/mol. The molecule has 1 fully saturated rings. The van der Waals surface area contributed by atoms with Crippen molar-refractivity contribution in [1.29, 1.82) is 0 Å². The average Bonchev–Trinajstić information content (AvgIpc) is 2.59. The maximum Gasteiger partial charge on any atom is 0.410 e. The van der Waals surface area contributed by atoms with E-state index in [1.165, 1.54) is 0 Å². The van der Waals surface area contributed by atoms with Gasteiger partial charge in [-0.3, -0.25) is 4.79 Å². The number of amides is 1. The lowest BCUT2D eigenvalue weighted by Crippen LogP contribution is -2.50. The van der Waals surface area contributed by atoms with Gasteiger partial charge < -0.3 is 19.1 Å². The van der Waals surface area contributed by atoms with E-state index in [1.54, 1.807) is 12.0 Å². The van der Waals surface area contributed by atoms with Crippen LogP contribution >= 0.6 is 0 Å². The second-order valence-corrected chi connectivity index (χ2v) is 7.79. The van der Waals surface area contributed by atoms with Gasteiger partial charge in [-0.1, -0.05) is 12.1 Å². The number of carbonyl (C=O) groups is 2. The molecule has 1 aromatic carbocycles. The molecule has 1 aliphatic rings. The SMILES string of the molecule is COc1ccc([C@H]2C[C@@H](C)N(C(=O)OC(C)(C)C)C[C@H]2COC=O)cc1. The molecule has 1 amide bonds. The standard InChI is InChI=1S/C20H29NO5/c1-14-10-18(15-6-8-17(24-5)9-7-15)16(12-25-13-22)11-21(14)19(23)26-20(2,3)4/h6-9,13-14,16,18H,10-12H2,1-5H3/t14-,16+,18-/m1/s1. The Bertz CT molecular complexity index is 608. The van der Waals surface area contributed by atoms with Crippen molar-refractivity contribution in [1.82, 2.24) is 4.90 Å². The second-order valence-electron chi connectivity index (χ2n) is 7.79. The number of carbonyl (C=O) groups excluding carboxylic acids is 2. The molecule has 1 aromatic rings. The van der Waals surface area contributed by atoms with Gasteiger partial charge in [0.25, 0.3) is 6.47 Å². The highest BCUT2D eigenvalue weighted by atomic mass is 16.6. The summed E-state index contributed by atoms with van der Waals surface area (Å²) in [4.78, 5) is 25.0. The number of hydrogen-bond donors (Lipinski definition) is 0. The van der Waals surface area contributed by atoms with Gasteiger partial charge in [0.05, 0.1) is 13.7 Å². The molecule has 0 saturated carbocycles. The summed E-state index contributed by atoms with van der Waals surface area (Å²) in [5, 5.41) is 0. The van der Waals surface area contributed by atoms with E-state index in [-0.39, 0.29) is 30.6 Å². The van der Waals surface area contributed by atoms with E-state index >= 15 is 0 Å². The van der Waals surface area contributed by atoms with Crippen LogP contribution < -0.4 is 4.74 Å². The maximum atomic E-state index is 12.5. The van der Waals surface area contributed by atoms with Crippen molar-refractivity contribution in [3.63, 3.8) is 0 Å². The molecule has 0 radical (unpaired) electrons. The Morgan fingerprint density at radius 1 is 1.27 bits per heavy atom. The summed E-state index contributed by atoms with van der Waals surface area (Å²) in [7, 11) is 1.64. The topological polar surface area (TPSA) is 65.1 Å². The molecule has 0 aromatic heterocycles. The van der Waals surface area contributed by atoms with Gasteiger partial charge in [0.2, 0.25) is 0 Å². The first-order valence-electron chi connectivity index (χ1n) is 8.94. The third-order valence-electron chi connectivity index (χ3n) is 4.68. The number of benzene rings is 1. The van der Waals surface area contributed by atoms with E-state index in [9.17, 15) is 9.59 Å². The minimum atomic E-state index is -0.543. The molecule has 0 spiro atoms. The molecule has 1 heterocycles. The lowest BCUT2D eigenvalue weighted by atomic mass is 9.78. The van der Waals surface area contributed by atoms with Crippen LogP contribution in [0.2, 0.25) is 0 Å². The van der Waals surface area contributed by atoms with Crippen LogP contribution in [0.25, 0.3) is 0 Å². The smallest absolute Gasteiger partial charge is 0.410 e. The van der Waals surface area contributed by atoms with Crippen molar-refractivity contribution in [2.24, 2.45) is 5.92 Å². The molecule has 2 rings (SSSR count). The molecule has 1 aliphatic heterocycles. The van der Waals surface area contributed by atoms with Gasteiger partial charge in [0.15, 0.2) is 0 Å². The van der Waals surface area contributed by atoms with Gasteiger partial charge in [-0.25, -0.2) is 4.79 Å². The van der Waals surface area contributed by atoms with Crippen molar-refractivity contribution >= 4 is 12.6 Å². The molecule has 0 bridgehead atoms. The molecular formula is C20H29NO5. The fourth-order valence-corrected chi connectivity index (χ4v) is 3.41. The Labute approximate surface area is 155 Å². The van der Waals surface area contributed by atoms with Crippen molar-refractivity contribution in [3.8, 4) is 5.75 Å². The highest BCUT2D eigenvalue weighted by Gasteiger charge is 2.38. The quantitative estimate of drug-likeness (QED) is 0.748. The Hall–Kier alpha value is -2.24.